The fourth-order valence-corrected chi connectivity index (χ4v) is 4.88. The summed E-state index contributed by atoms with van der Waals surface area (Å²) in [6.45, 7) is 6.25. The van der Waals surface area contributed by atoms with Crippen molar-refractivity contribution in [2.24, 2.45) is 4.99 Å². The van der Waals surface area contributed by atoms with Gasteiger partial charge in [-0.05, 0) is 51.8 Å². The Bertz CT molecular complexity index is 973. The van der Waals surface area contributed by atoms with Gasteiger partial charge in [-0.1, -0.05) is 12.5 Å². The molecule has 0 amide bonds. The number of likely N-dealkylation sites (tertiary alicyclic amines) is 2. The van der Waals surface area contributed by atoms with Gasteiger partial charge in [-0.15, -0.1) is 0 Å². The van der Waals surface area contributed by atoms with Gasteiger partial charge in [0.1, 0.15) is 0 Å². The third-order valence-corrected chi connectivity index (χ3v) is 6.45. The molecule has 1 N–H and O–H groups in total. The van der Waals surface area contributed by atoms with Crippen LogP contribution >= 0.6 is 0 Å². The molecule has 0 aromatic carbocycles. The van der Waals surface area contributed by atoms with Gasteiger partial charge in [0.05, 0.1) is 0 Å². The largest absolute Gasteiger partial charge is 0.342 e. The van der Waals surface area contributed by atoms with E-state index < -0.39 is 6.17 Å². The van der Waals surface area contributed by atoms with Crippen LogP contribution in [0, 0.1) is 6.92 Å². The Morgan fingerprint density at radius 3 is 2.63 bits per heavy atom. The van der Waals surface area contributed by atoms with E-state index >= 15 is 0 Å². The molecule has 8 nitrogen and oxygen atoms in total. The standard InChI is InChI=1S/C22H29N7O/c1-16-14-19(30)29-20(17-6-5-9-23-15-17)25-21(26-22(29)24-16)28-12-7-18(8-13-28)27-10-3-2-4-11-27/h5-6,9,14-15,18,20H,2-4,7-8,10-13H2,1H3,(H,24,25,26). The van der Waals surface area contributed by atoms with Crippen molar-refractivity contribution >= 4 is 11.9 Å². The molecular weight excluding hydrogens is 378 g/mol. The van der Waals surface area contributed by atoms with Gasteiger partial charge in [0.2, 0.25) is 11.9 Å². The molecule has 5 heterocycles. The Kier molecular flexibility index (Phi) is 5.25. The van der Waals surface area contributed by atoms with Crippen LogP contribution in [0.1, 0.15) is 49.5 Å². The number of pyridine rings is 1. The maximum Gasteiger partial charge on any atom is 0.257 e. The zero-order valence-electron chi connectivity index (χ0n) is 17.5. The molecule has 0 aliphatic carbocycles. The number of anilines is 1. The Labute approximate surface area is 176 Å². The third-order valence-electron chi connectivity index (χ3n) is 6.45. The van der Waals surface area contributed by atoms with Crippen LogP contribution < -0.4 is 10.9 Å². The molecule has 1 atom stereocenters. The van der Waals surface area contributed by atoms with E-state index in [1.54, 1.807) is 23.0 Å². The van der Waals surface area contributed by atoms with E-state index in [0.29, 0.717) is 17.7 Å². The summed E-state index contributed by atoms with van der Waals surface area (Å²) in [7, 11) is 0. The fourth-order valence-electron chi connectivity index (χ4n) is 4.88. The van der Waals surface area contributed by atoms with E-state index in [0.717, 1.165) is 37.5 Å². The van der Waals surface area contributed by atoms with Crippen LogP contribution in [0.3, 0.4) is 0 Å². The summed E-state index contributed by atoms with van der Waals surface area (Å²) >= 11 is 0. The molecule has 0 saturated carbocycles. The Balaban J connectivity index is 1.40. The van der Waals surface area contributed by atoms with E-state index in [1.807, 2.05) is 19.1 Å². The van der Waals surface area contributed by atoms with Crippen LogP contribution in [0.5, 0.6) is 0 Å². The predicted octanol–water partition coefficient (Wildman–Crippen LogP) is 2.23. The molecule has 3 aliphatic rings. The number of rotatable bonds is 2. The highest BCUT2D eigenvalue weighted by atomic mass is 16.1. The highest BCUT2D eigenvalue weighted by Gasteiger charge is 2.31. The number of aliphatic imine (C=N–C) groups is 1. The van der Waals surface area contributed by atoms with Crippen LogP contribution in [0.25, 0.3) is 0 Å². The minimum atomic E-state index is -0.453. The number of aryl methyl sites for hydroxylation is 1. The van der Waals surface area contributed by atoms with Crippen LogP contribution in [-0.4, -0.2) is 62.5 Å². The quantitative estimate of drug-likeness (QED) is 0.823. The predicted molar refractivity (Wildman–Crippen MR) is 117 cm³/mol. The SMILES string of the molecule is Cc1cc(=O)n2c(n1)NC(N1CCC(N3CCCCC3)CC1)=NC2c1cccnc1. The minimum Gasteiger partial charge on any atom is -0.342 e. The van der Waals surface area contributed by atoms with Gasteiger partial charge < -0.3 is 9.80 Å². The average Bonchev–Trinajstić information content (AvgIpc) is 2.79. The van der Waals surface area contributed by atoms with E-state index in [-0.39, 0.29) is 5.56 Å². The van der Waals surface area contributed by atoms with Gasteiger partial charge in [0, 0.05) is 48.8 Å². The second kappa shape index (κ2) is 8.18. The topological polar surface area (TPSA) is 78.7 Å². The number of hydrogen-bond acceptors (Lipinski definition) is 7. The first-order valence-corrected chi connectivity index (χ1v) is 11.0. The van der Waals surface area contributed by atoms with Crippen molar-refractivity contribution in [3.05, 3.63) is 52.2 Å². The van der Waals surface area contributed by atoms with Gasteiger partial charge in [-0.25, -0.2) is 9.98 Å². The monoisotopic (exact) mass is 407 g/mol. The smallest absolute Gasteiger partial charge is 0.257 e. The molecule has 30 heavy (non-hydrogen) atoms. The molecule has 1 unspecified atom stereocenters. The molecule has 2 aromatic rings. The molecule has 5 rings (SSSR count). The van der Waals surface area contributed by atoms with Crippen molar-refractivity contribution in [2.75, 3.05) is 31.5 Å². The lowest BCUT2D eigenvalue weighted by atomic mass is 10.00. The summed E-state index contributed by atoms with van der Waals surface area (Å²) in [5, 5.41) is 3.34. The number of fused-ring (bicyclic) bond motifs is 1. The minimum absolute atomic E-state index is 0.106. The van der Waals surface area contributed by atoms with Crippen LogP contribution in [-0.2, 0) is 0 Å². The highest BCUT2D eigenvalue weighted by Crippen LogP contribution is 2.27. The average molecular weight is 408 g/mol. The normalized spacial score (nSPS) is 22.9. The summed E-state index contributed by atoms with van der Waals surface area (Å²) in [4.78, 5) is 31.5. The van der Waals surface area contributed by atoms with Gasteiger partial charge in [-0.3, -0.25) is 19.7 Å². The van der Waals surface area contributed by atoms with Crippen molar-refractivity contribution in [3.8, 4) is 0 Å². The highest BCUT2D eigenvalue weighted by molar-refractivity contribution is 5.93. The Morgan fingerprint density at radius 1 is 1.10 bits per heavy atom. The summed E-state index contributed by atoms with van der Waals surface area (Å²) in [6, 6.07) is 6.07. The van der Waals surface area contributed by atoms with Crippen LogP contribution in [0.2, 0.25) is 0 Å². The molecule has 0 spiro atoms. The molecule has 8 heteroatoms. The summed E-state index contributed by atoms with van der Waals surface area (Å²) in [5.41, 5.74) is 1.48. The van der Waals surface area contributed by atoms with Gasteiger partial charge >= 0.3 is 0 Å². The number of hydrogen-bond donors (Lipinski definition) is 1. The Hall–Kier alpha value is -2.74. The van der Waals surface area contributed by atoms with Crippen molar-refractivity contribution in [1.82, 2.24) is 24.3 Å². The molecule has 0 radical (unpaired) electrons. The fraction of sp³-hybridized carbons (Fsp3) is 0.545. The molecule has 2 saturated heterocycles. The lowest BCUT2D eigenvalue weighted by Crippen LogP contribution is -2.51. The zero-order chi connectivity index (χ0) is 20.5. The van der Waals surface area contributed by atoms with Crippen LogP contribution in [0.4, 0.5) is 5.95 Å². The second-order valence-corrected chi connectivity index (χ2v) is 8.48. The molecule has 2 aromatic heterocycles. The maximum atomic E-state index is 12.7. The lowest BCUT2D eigenvalue weighted by molar-refractivity contribution is 0.114. The van der Waals surface area contributed by atoms with Crippen molar-refractivity contribution in [1.29, 1.82) is 0 Å². The molecular formula is C22H29N7O. The zero-order valence-corrected chi connectivity index (χ0v) is 17.5. The number of piperidine rings is 2. The number of nitrogens with zero attached hydrogens (tertiary/aromatic N) is 6. The van der Waals surface area contributed by atoms with E-state index in [1.165, 1.54) is 32.4 Å². The first-order chi connectivity index (χ1) is 14.7. The van der Waals surface area contributed by atoms with Gasteiger partial charge in [0.25, 0.3) is 5.56 Å². The first-order valence-electron chi connectivity index (χ1n) is 11.0. The van der Waals surface area contributed by atoms with Crippen molar-refractivity contribution < 1.29 is 0 Å². The third kappa shape index (κ3) is 3.71. The number of guanidine groups is 1. The van der Waals surface area contributed by atoms with Gasteiger partial charge in [-0.2, -0.15) is 0 Å². The molecule has 3 aliphatic heterocycles. The molecule has 2 fully saturated rings. The maximum absolute atomic E-state index is 12.7. The number of nitrogens with one attached hydrogen (secondary N) is 1. The summed E-state index contributed by atoms with van der Waals surface area (Å²) in [5.74, 6) is 1.36. The van der Waals surface area contributed by atoms with Crippen molar-refractivity contribution in [3.63, 3.8) is 0 Å². The first kappa shape index (κ1) is 19.2. The Morgan fingerprint density at radius 2 is 1.90 bits per heavy atom. The summed E-state index contributed by atoms with van der Waals surface area (Å²) in [6.07, 6.45) is 9.38. The van der Waals surface area contributed by atoms with E-state index in [2.05, 4.69) is 25.1 Å². The van der Waals surface area contributed by atoms with E-state index in [4.69, 9.17) is 4.99 Å². The summed E-state index contributed by atoms with van der Waals surface area (Å²) < 4.78 is 1.62. The lowest BCUT2D eigenvalue weighted by Gasteiger charge is -2.42. The van der Waals surface area contributed by atoms with Crippen molar-refractivity contribution in [2.45, 2.75) is 51.2 Å². The van der Waals surface area contributed by atoms with Crippen LogP contribution in [0.15, 0.2) is 40.4 Å². The van der Waals surface area contributed by atoms with E-state index in [9.17, 15) is 4.79 Å². The number of aromatic nitrogens is 3. The molecule has 158 valence electrons. The second-order valence-electron chi connectivity index (χ2n) is 8.48. The van der Waals surface area contributed by atoms with Gasteiger partial charge in [0.15, 0.2) is 6.17 Å². The molecule has 0 bridgehead atoms.